The normalized spacial score (nSPS) is 25.4. The Kier molecular flexibility index (Phi) is 5.88. The summed E-state index contributed by atoms with van der Waals surface area (Å²) in [6, 6.07) is 7.06. The van der Waals surface area contributed by atoms with Crippen molar-refractivity contribution in [2.75, 3.05) is 18.4 Å². The zero-order valence-corrected chi connectivity index (χ0v) is 16.8. The molecule has 6 nitrogen and oxygen atoms in total. The van der Waals surface area contributed by atoms with Gasteiger partial charge in [-0.25, -0.2) is 0 Å². The van der Waals surface area contributed by atoms with Crippen LogP contribution in [0.5, 0.6) is 0 Å². The van der Waals surface area contributed by atoms with Gasteiger partial charge in [-0.15, -0.1) is 0 Å². The number of likely N-dealkylation sites (tertiary alicyclic amines) is 1. The predicted octanol–water partition coefficient (Wildman–Crippen LogP) is 3.78. The van der Waals surface area contributed by atoms with Crippen molar-refractivity contribution in [3.63, 3.8) is 0 Å². The van der Waals surface area contributed by atoms with Crippen molar-refractivity contribution in [3.05, 3.63) is 29.8 Å². The molecule has 1 heterocycles. The summed E-state index contributed by atoms with van der Waals surface area (Å²) in [5.74, 6) is 0.335. The van der Waals surface area contributed by atoms with Crippen LogP contribution in [0.4, 0.5) is 5.69 Å². The van der Waals surface area contributed by atoms with Gasteiger partial charge in [0, 0.05) is 30.3 Å². The van der Waals surface area contributed by atoms with E-state index < -0.39 is 5.97 Å². The summed E-state index contributed by atoms with van der Waals surface area (Å²) in [4.78, 5) is 37.9. The minimum Gasteiger partial charge on any atom is -0.481 e. The van der Waals surface area contributed by atoms with Gasteiger partial charge in [-0.05, 0) is 55.4 Å². The Balaban J connectivity index is 1.27. The highest BCUT2D eigenvalue weighted by Gasteiger charge is 2.47. The number of nitrogens with zero attached hydrogens (tertiary/aromatic N) is 1. The smallest absolute Gasteiger partial charge is 0.306 e. The number of carbonyl (C=O) groups is 3. The van der Waals surface area contributed by atoms with E-state index in [1.54, 1.807) is 29.2 Å². The summed E-state index contributed by atoms with van der Waals surface area (Å²) in [5.41, 5.74) is 1.30. The first kappa shape index (κ1) is 19.9. The van der Waals surface area contributed by atoms with Crippen LogP contribution in [0.15, 0.2) is 24.3 Å². The van der Waals surface area contributed by atoms with Crippen molar-refractivity contribution < 1.29 is 19.5 Å². The molecule has 29 heavy (non-hydrogen) atoms. The maximum absolute atomic E-state index is 12.6. The molecular weight excluding hydrogens is 368 g/mol. The second-order valence-corrected chi connectivity index (χ2v) is 8.88. The Morgan fingerprint density at radius 1 is 0.931 bits per heavy atom. The Hall–Kier alpha value is -2.37. The average molecular weight is 399 g/mol. The second kappa shape index (κ2) is 8.56. The summed E-state index contributed by atoms with van der Waals surface area (Å²) in [6.07, 6.45) is 8.50. The minimum absolute atomic E-state index is 0.0775. The first-order chi connectivity index (χ1) is 14.0. The van der Waals surface area contributed by atoms with Crippen LogP contribution < -0.4 is 5.32 Å². The van der Waals surface area contributed by atoms with E-state index in [9.17, 15) is 14.4 Å². The molecule has 0 spiro atoms. The molecule has 1 aromatic rings. The number of carboxylic acid groups (broad SMARTS) is 1. The lowest BCUT2D eigenvalue weighted by molar-refractivity contribution is -0.143. The van der Waals surface area contributed by atoms with Crippen LogP contribution in [0.1, 0.15) is 61.7 Å². The molecule has 1 saturated heterocycles. The summed E-state index contributed by atoms with van der Waals surface area (Å²) < 4.78 is 0. The van der Waals surface area contributed by atoms with Gasteiger partial charge < -0.3 is 15.3 Å². The van der Waals surface area contributed by atoms with E-state index in [1.165, 1.54) is 32.1 Å². The molecule has 2 amide bonds. The molecule has 1 aliphatic heterocycles. The Bertz CT molecular complexity index is 762. The van der Waals surface area contributed by atoms with Crippen LogP contribution in [0.3, 0.4) is 0 Å². The van der Waals surface area contributed by atoms with E-state index in [1.807, 2.05) is 0 Å². The van der Waals surface area contributed by atoms with Crippen LogP contribution >= 0.6 is 0 Å². The quantitative estimate of drug-likeness (QED) is 0.790. The van der Waals surface area contributed by atoms with E-state index in [4.69, 9.17) is 5.11 Å². The highest BCUT2D eigenvalue weighted by molar-refractivity contribution is 5.97. The number of amides is 2. The average Bonchev–Trinajstić information content (AvgIpc) is 3.56. The molecular formula is C23H30N2O4. The molecule has 156 valence electrons. The number of rotatable bonds is 5. The first-order valence-corrected chi connectivity index (χ1v) is 11.0. The molecule has 2 N–H and O–H groups in total. The Morgan fingerprint density at radius 2 is 1.59 bits per heavy atom. The van der Waals surface area contributed by atoms with E-state index in [2.05, 4.69) is 5.32 Å². The number of aliphatic carboxylic acids is 1. The van der Waals surface area contributed by atoms with Gasteiger partial charge in [-0.3, -0.25) is 14.4 Å². The van der Waals surface area contributed by atoms with Gasteiger partial charge in [0.25, 0.3) is 5.91 Å². The van der Waals surface area contributed by atoms with Gasteiger partial charge in [0.05, 0.1) is 5.92 Å². The topological polar surface area (TPSA) is 86.7 Å². The Labute approximate surface area is 171 Å². The molecule has 6 heteroatoms. The van der Waals surface area contributed by atoms with Gasteiger partial charge in [0.2, 0.25) is 5.91 Å². The lowest BCUT2D eigenvalue weighted by Gasteiger charge is -2.30. The maximum Gasteiger partial charge on any atom is 0.306 e. The van der Waals surface area contributed by atoms with Crippen LogP contribution in [0.25, 0.3) is 0 Å². The number of piperidine rings is 1. The van der Waals surface area contributed by atoms with Crippen LogP contribution in [-0.4, -0.2) is 40.9 Å². The highest BCUT2D eigenvalue weighted by Crippen LogP contribution is 2.49. The third-order valence-corrected chi connectivity index (χ3v) is 6.96. The number of hydrogen-bond donors (Lipinski definition) is 2. The number of nitrogens with one attached hydrogen (secondary N) is 1. The molecule has 2 unspecified atom stereocenters. The molecule has 3 aliphatic rings. The summed E-state index contributed by atoms with van der Waals surface area (Å²) >= 11 is 0. The fraction of sp³-hybridized carbons (Fsp3) is 0.609. The van der Waals surface area contributed by atoms with Gasteiger partial charge in [0.15, 0.2) is 0 Å². The molecule has 4 rings (SSSR count). The van der Waals surface area contributed by atoms with Gasteiger partial charge in [-0.2, -0.15) is 0 Å². The number of hydrogen-bond acceptors (Lipinski definition) is 3. The number of benzene rings is 1. The lowest BCUT2D eigenvalue weighted by Crippen LogP contribution is -2.40. The van der Waals surface area contributed by atoms with Crippen LogP contribution in [-0.2, 0) is 9.59 Å². The number of carbonyl (C=O) groups excluding carboxylic acids is 2. The zero-order chi connectivity index (χ0) is 20.4. The third kappa shape index (κ3) is 4.62. The monoisotopic (exact) mass is 398 g/mol. The van der Waals surface area contributed by atoms with Gasteiger partial charge in [-0.1, -0.05) is 32.1 Å². The third-order valence-electron chi connectivity index (χ3n) is 6.96. The molecule has 1 aromatic carbocycles. The van der Waals surface area contributed by atoms with E-state index in [-0.39, 0.29) is 23.7 Å². The van der Waals surface area contributed by atoms with Crippen molar-refractivity contribution in [2.45, 2.75) is 51.4 Å². The van der Waals surface area contributed by atoms with Crippen LogP contribution in [0.2, 0.25) is 0 Å². The summed E-state index contributed by atoms with van der Waals surface area (Å²) in [5, 5.41) is 12.1. The molecule has 2 atom stereocenters. The van der Waals surface area contributed by atoms with Crippen molar-refractivity contribution >= 4 is 23.5 Å². The highest BCUT2D eigenvalue weighted by atomic mass is 16.4. The molecule has 2 saturated carbocycles. The molecule has 0 aromatic heterocycles. The summed E-state index contributed by atoms with van der Waals surface area (Å²) in [7, 11) is 0. The standard InChI is InChI=1S/C23H30N2O4/c26-21(20-14-19(20)15-4-2-1-3-5-15)24-18-8-6-16(7-9-18)22(27)25-12-10-17(11-13-25)23(28)29/h6-9,15,17,19-20H,1-5,10-14H2,(H,24,26)(H,28,29). The maximum atomic E-state index is 12.6. The molecule has 3 fully saturated rings. The molecule has 0 radical (unpaired) electrons. The molecule has 0 bridgehead atoms. The van der Waals surface area contributed by atoms with E-state index >= 15 is 0 Å². The van der Waals surface area contributed by atoms with Crippen molar-refractivity contribution in [1.29, 1.82) is 0 Å². The fourth-order valence-corrected chi connectivity index (χ4v) is 5.04. The second-order valence-electron chi connectivity index (χ2n) is 8.88. The lowest BCUT2D eigenvalue weighted by atomic mass is 9.85. The van der Waals surface area contributed by atoms with Crippen molar-refractivity contribution in [1.82, 2.24) is 4.90 Å². The first-order valence-electron chi connectivity index (χ1n) is 11.0. The number of anilines is 1. The van der Waals surface area contributed by atoms with E-state index in [0.29, 0.717) is 37.4 Å². The largest absolute Gasteiger partial charge is 0.481 e. The van der Waals surface area contributed by atoms with Crippen LogP contribution in [0, 0.1) is 23.7 Å². The fourth-order valence-electron chi connectivity index (χ4n) is 5.04. The summed E-state index contributed by atoms with van der Waals surface area (Å²) in [6.45, 7) is 0.942. The van der Waals surface area contributed by atoms with Gasteiger partial charge in [0.1, 0.15) is 0 Å². The predicted molar refractivity (Wildman–Crippen MR) is 110 cm³/mol. The van der Waals surface area contributed by atoms with Crippen molar-refractivity contribution in [2.24, 2.45) is 23.7 Å². The SMILES string of the molecule is O=C(O)C1CCN(C(=O)c2ccc(NC(=O)C3CC3C3CCCCC3)cc2)CC1. The van der Waals surface area contributed by atoms with Crippen molar-refractivity contribution in [3.8, 4) is 0 Å². The number of carboxylic acids is 1. The Morgan fingerprint density at radius 3 is 2.21 bits per heavy atom. The minimum atomic E-state index is -0.779. The zero-order valence-electron chi connectivity index (χ0n) is 16.8. The molecule has 2 aliphatic carbocycles. The van der Waals surface area contributed by atoms with Gasteiger partial charge >= 0.3 is 5.97 Å². The van der Waals surface area contributed by atoms with E-state index in [0.717, 1.165) is 18.0 Å².